The molecule has 1 aliphatic heterocycles. The lowest BCUT2D eigenvalue weighted by atomic mass is 10.2. The number of ether oxygens (including phenoxy) is 2. The Labute approximate surface area is 159 Å². The molecule has 148 valence electrons. The predicted octanol–water partition coefficient (Wildman–Crippen LogP) is 0.513. The Bertz CT molecular complexity index is 719. The molecule has 4 amide bonds. The van der Waals surface area contributed by atoms with E-state index in [0.29, 0.717) is 24.7 Å². The minimum absolute atomic E-state index is 0.104. The van der Waals surface area contributed by atoms with Crippen molar-refractivity contribution >= 4 is 17.8 Å². The molecule has 1 aromatic carbocycles. The molecule has 8 heteroatoms. The van der Waals surface area contributed by atoms with Crippen LogP contribution < -0.4 is 14.4 Å². The van der Waals surface area contributed by atoms with Gasteiger partial charge in [0, 0.05) is 12.1 Å². The van der Waals surface area contributed by atoms with Crippen LogP contribution in [0, 0.1) is 5.92 Å². The van der Waals surface area contributed by atoms with Crippen LogP contribution in [0.4, 0.5) is 4.79 Å². The summed E-state index contributed by atoms with van der Waals surface area (Å²) in [6.07, 6.45) is 0. The van der Waals surface area contributed by atoms with Crippen molar-refractivity contribution < 1.29 is 28.8 Å². The molecule has 1 saturated heterocycles. The third kappa shape index (κ3) is 4.77. The summed E-state index contributed by atoms with van der Waals surface area (Å²) in [5.74, 6) is -0.101. The fraction of sp³-hybridized carbons (Fsp3) is 0.526. The Morgan fingerprint density at radius 2 is 1.74 bits per heavy atom. The Kier molecular flexibility index (Phi) is 6.79. The second-order valence-corrected chi connectivity index (χ2v) is 7.04. The van der Waals surface area contributed by atoms with Crippen LogP contribution in [0.3, 0.4) is 0 Å². The van der Waals surface area contributed by atoms with Gasteiger partial charge in [-0.15, -0.1) is 0 Å². The van der Waals surface area contributed by atoms with Crippen LogP contribution in [0.1, 0.15) is 26.3 Å². The van der Waals surface area contributed by atoms with E-state index in [9.17, 15) is 14.4 Å². The number of benzene rings is 1. The molecule has 8 nitrogen and oxygen atoms in total. The third-order valence-corrected chi connectivity index (χ3v) is 4.14. The maximum absolute atomic E-state index is 12.4. The number of hydrogen-bond acceptors (Lipinski definition) is 5. The summed E-state index contributed by atoms with van der Waals surface area (Å²) < 4.78 is 10.9. The first-order chi connectivity index (χ1) is 12.8. The fourth-order valence-electron chi connectivity index (χ4n) is 2.99. The number of amides is 4. The lowest BCUT2D eigenvalue weighted by molar-refractivity contribution is -0.901. The van der Waals surface area contributed by atoms with Gasteiger partial charge in [0.1, 0.15) is 6.54 Å². The number of quaternary nitrogens is 1. The molecule has 0 aromatic heterocycles. The van der Waals surface area contributed by atoms with Crippen molar-refractivity contribution in [2.24, 2.45) is 5.92 Å². The van der Waals surface area contributed by atoms with Gasteiger partial charge in [-0.2, -0.15) is 0 Å². The largest absolute Gasteiger partial charge is 0.493 e. The van der Waals surface area contributed by atoms with Crippen molar-refractivity contribution in [3.63, 3.8) is 0 Å². The molecule has 2 rings (SSSR count). The second-order valence-electron chi connectivity index (χ2n) is 7.04. The van der Waals surface area contributed by atoms with Gasteiger partial charge in [-0.05, 0) is 31.0 Å². The Morgan fingerprint density at radius 3 is 2.33 bits per heavy atom. The van der Waals surface area contributed by atoms with Gasteiger partial charge in [0.05, 0.1) is 20.8 Å². The van der Waals surface area contributed by atoms with E-state index < -0.39 is 17.8 Å². The molecule has 1 atom stereocenters. The van der Waals surface area contributed by atoms with E-state index in [1.807, 2.05) is 46.0 Å². The number of methoxy groups -OCH3 is 1. The summed E-state index contributed by atoms with van der Waals surface area (Å²) in [4.78, 5) is 39.6. The highest BCUT2D eigenvalue weighted by Crippen LogP contribution is 2.27. The van der Waals surface area contributed by atoms with Crippen LogP contribution in [-0.4, -0.2) is 61.6 Å². The molecule has 0 bridgehead atoms. The Balaban J connectivity index is 2.05. The minimum atomic E-state index is -0.760. The molecule has 0 aliphatic carbocycles. The number of carbonyl (C=O) groups is 3. The third-order valence-electron chi connectivity index (χ3n) is 4.14. The molecule has 0 radical (unpaired) electrons. The van der Waals surface area contributed by atoms with Gasteiger partial charge in [0.2, 0.25) is 0 Å². The van der Waals surface area contributed by atoms with E-state index in [4.69, 9.17) is 9.47 Å². The highest BCUT2D eigenvalue weighted by atomic mass is 16.5. The molecule has 27 heavy (non-hydrogen) atoms. The fourth-order valence-corrected chi connectivity index (χ4v) is 2.99. The molecule has 1 fully saturated rings. The van der Waals surface area contributed by atoms with Gasteiger partial charge in [0.15, 0.2) is 18.2 Å². The van der Waals surface area contributed by atoms with E-state index in [1.165, 1.54) is 0 Å². The van der Waals surface area contributed by atoms with Gasteiger partial charge in [-0.1, -0.05) is 13.8 Å². The van der Waals surface area contributed by atoms with Gasteiger partial charge >= 0.3 is 17.8 Å². The monoisotopic (exact) mass is 378 g/mol. The molecule has 1 aromatic rings. The number of rotatable bonds is 9. The van der Waals surface area contributed by atoms with Gasteiger partial charge in [0.25, 0.3) is 0 Å². The van der Waals surface area contributed by atoms with Crippen LogP contribution in [0.25, 0.3) is 0 Å². The van der Waals surface area contributed by atoms with Crippen LogP contribution >= 0.6 is 0 Å². The zero-order chi connectivity index (χ0) is 20.1. The summed E-state index contributed by atoms with van der Waals surface area (Å²) in [5, 5.41) is 0. The van der Waals surface area contributed by atoms with Crippen molar-refractivity contribution in [3.8, 4) is 11.5 Å². The summed E-state index contributed by atoms with van der Waals surface area (Å²) in [7, 11) is 3.44. The average molecular weight is 378 g/mol. The number of carbonyl (C=O) groups excluding carboxylic acids is 3. The predicted molar refractivity (Wildman–Crippen MR) is 98.4 cm³/mol. The van der Waals surface area contributed by atoms with Crippen molar-refractivity contribution in [1.82, 2.24) is 9.80 Å². The minimum Gasteiger partial charge on any atom is -0.493 e. The lowest BCUT2D eigenvalue weighted by Gasteiger charge is -2.21. The number of imide groups is 2. The Hall–Kier alpha value is -2.61. The first kappa shape index (κ1) is 20.7. The zero-order valence-electron chi connectivity index (χ0n) is 16.6. The molecule has 0 spiro atoms. The quantitative estimate of drug-likeness (QED) is 0.500. The highest BCUT2D eigenvalue weighted by molar-refractivity contribution is 6.44. The maximum atomic E-state index is 12.4. The summed E-state index contributed by atoms with van der Waals surface area (Å²) >= 11 is 0. The molecular formula is C19H28N3O5+. The lowest BCUT2D eigenvalue weighted by Crippen LogP contribution is -3.09. The number of nitrogens with one attached hydrogen (secondary N) is 1. The number of nitrogens with zero attached hydrogens (tertiary/aromatic N) is 2. The molecular weight excluding hydrogens is 350 g/mol. The topological polar surface area (TPSA) is 80.6 Å². The molecule has 1 unspecified atom stereocenters. The van der Waals surface area contributed by atoms with Crippen LogP contribution in [0.2, 0.25) is 0 Å². The van der Waals surface area contributed by atoms with Gasteiger partial charge < -0.3 is 14.4 Å². The van der Waals surface area contributed by atoms with E-state index in [1.54, 1.807) is 7.11 Å². The summed E-state index contributed by atoms with van der Waals surface area (Å²) in [6.45, 7) is 7.15. The second kappa shape index (κ2) is 8.85. The number of hydrogen-bond donors (Lipinski definition) is 1. The van der Waals surface area contributed by atoms with Gasteiger partial charge in [-0.3, -0.25) is 14.5 Å². The average Bonchev–Trinajstić information content (AvgIpc) is 2.81. The van der Waals surface area contributed by atoms with E-state index in [2.05, 4.69) is 0 Å². The van der Waals surface area contributed by atoms with Crippen molar-refractivity contribution in [2.75, 3.05) is 34.0 Å². The summed E-state index contributed by atoms with van der Waals surface area (Å²) in [6, 6.07) is 5.09. The molecule has 1 N–H and O–H groups in total. The summed E-state index contributed by atoms with van der Waals surface area (Å²) in [5.41, 5.74) is 0.970. The molecule has 1 heterocycles. The van der Waals surface area contributed by atoms with Crippen molar-refractivity contribution in [1.29, 1.82) is 0 Å². The smallest absolute Gasteiger partial charge is 0.338 e. The first-order valence-electron chi connectivity index (χ1n) is 9.06. The van der Waals surface area contributed by atoms with Crippen LogP contribution in [-0.2, 0) is 16.1 Å². The Morgan fingerprint density at radius 1 is 1.07 bits per heavy atom. The van der Waals surface area contributed by atoms with Crippen molar-refractivity contribution in [2.45, 2.75) is 27.3 Å². The molecule has 0 saturated carbocycles. The highest BCUT2D eigenvalue weighted by Gasteiger charge is 2.45. The maximum Gasteiger partial charge on any atom is 0.338 e. The van der Waals surface area contributed by atoms with Gasteiger partial charge in [-0.25, -0.2) is 9.69 Å². The van der Waals surface area contributed by atoms with Crippen LogP contribution in [0.5, 0.6) is 11.5 Å². The van der Waals surface area contributed by atoms with Crippen molar-refractivity contribution in [3.05, 3.63) is 23.8 Å². The normalized spacial score (nSPS) is 15.7. The molecule has 1 aliphatic rings. The first-order valence-corrected chi connectivity index (χ1v) is 9.06. The number of urea groups is 1. The zero-order valence-corrected chi connectivity index (χ0v) is 16.6. The van der Waals surface area contributed by atoms with Crippen LogP contribution in [0.15, 0.2) is 18.2 Å². The van der Waals surface area contributed by atoms with E-state index >= 15 is 0 Å². The standard InChI is InChI=1S/C19H27N3O5/c1-6-27-15-8-7-14(9-16(15)26-5)11-20(4)12-22-18(24)17(23)21(19(22)25)10-13(2)3/h7-9,13H,6,10-12H2,1-5H3/p+1. The van der Waals surface area contributed by atoms with E-state index in [0.717, 1.165) is 20.3 Å². The SMILES string of the molecule is CCOc1ccc(C[NH+](C)CN2C(=O)C(=O)N(CC(C)C)C2=O)cc1OC. The van der Waals surface area contributed by atoms with E-state index in [-0.39, 0.29) is 19.1 Å².